The second kappa shape index (κ2) is 7.65. The zero-order valence-corrected chi connectivity index (χ0v) is 13.3. The summed E-state index contributed by atoms with van der Waals surface area (Å²) in [7, 11) is 1.46. The number of benzene rings is 2. The molecule has 0 spiro atoms. The van der Waals surface area contributed by atoms with Crippen LogP contribution in [-0.4, -0.2) is 24.5 Å². The average Bonchev–Trinajstić information content (AvgIpc) is 2.55. The van der Waals surface area contributed by atoms with Crippen LogP contribution in [0.25, 0.3) is 0 Å². The van der Waals surface area contributed by atoms with Crippen LogP contribution in [0.15, 0.2) is 42.5 Å². The predicted octanol–water partition coefficient (Wildman–Crippen LogP) is 3.16. The average molecular weight is 332 g/mol. The number of ether oxygens (including phenoxy) is 1. The standard InChI is InChI=1S/C17H17FN2O4/c1-11-14(7-4-8-15(11)20(22)23)17(21)19-10-16(24-2)12-5-3-6-13(18)9-12/h3-9,16H,10H2,1-2H3,(H,19,21). The van der Waals surface area contributed by atoms with Gasteiger partial charge in [-0.15, -0.1) is 0 Å². The van der Waals surface area contributed by atoms with Gasteiger partial charge < -0.3 is 10.1 Å². The fraction of sp³-hybridized carbons (Fsp3) is 0.235. The number of hydrogen-bond donors (Lipinski definition) is 1. The molecule has 2 rings (SSSR count). The van der Waals surface area contributed by atoms with E-state index in [0.717, 1.165) is 0 Å². The maximum absolute atomic E-state index is 13.3. The van der Waals surface area contributed by atoms with Crippen LogP contribution >= 0.6 is 0 Å². The molecule has 0 fully saturated rings. The molecule has 0 heterocycles. The summed E-state index contributed by atoms with van der Waals surface area (Å²) in [4.78, 5) is 22.7. The van der Waals surface area contributed by atoms with Crippen LogP contribution in [0.3, 0.4) is 0 Å². The van der Waals surface area contributed by atoms with Gasteiger partial charge in [0.25, 0.3) is 11.6 Å². The monoisotopic (exact) mass is 332 g/mol. The summed E-state index contributed by atoms with van der Waals surface area (Å²) < 4.78 is 18.6. The zero-order valence-electron chi connectivity index (χ0n) is 13.3. The Bertz CT molecular complexity index is 764. The number of carbonyl (C=O) groups excluding carboxylic acids is 1. The molecule has 6 nitrogen and oxygen atoms in total. The van der Waals surface area contributed by atoms with Crippen molar-refractivity contribution in [3.63, 3.8) is 0 Å². The third-order valence-electron chi connectivity index (χ3n) is 3.70. The molecule has 0 aliphatic heterocycles. The molecule has 0 radical (unpaired) electrons. The Balaban J connectivity index is 2.12. The summed E-state index contributed by atoms with van der Waals surface area (Å²) in [5.41, 5.74) is 0.989. The summed E-state index contributed by atoms with van der Waals surface area (Å²) in [5, 5.41) is 13.6. The number of rotatable bonds is 6. The molecule has 0 saturated heterocycles. The zero-order chi connectivity index (χ0) is 17.7. The number of amides is 1. The lowest BCUT2D eigenvalue weighted by molar-refractivity contribution is -0.385. The molecule has 1 atom stereocenters. The Labute approximate surface area is 138 Å². The molecule has 0 bridgehead atoms. The maximum Gasteiger partial charge on any atom is 0.273 e. The highest BCUT2D eigenvalue weighted by atomic mass is 19.1. The number of nitrogens with zero attached hydrogens (tertiary/aromatic N) is 1. The SMILES string of the molecule is COC(CNC(=O)c1cccc([N+](=O)[O-])c1C)c1cccc(F)c1. The largest absolute Gasteiger partial charge is 0.375 e. The van der Waals surface area contributed by atoms with Gasteiger partial charge >= 0.3 is 0 Å². The Kier molecular flexibility index (Phi) is 5.59. The summed E-state index contributed by atoms with van der Waals surface area (Å²) in [6.07, 6.45) is -0.524. The van der Waals surface area contributed by atoms with Gasteiger partial charge in [-0.2, -0.15) is 0 Å². The second-order valence-electron chi connectivity index (χ2n) is 5.20. The smallest absolute Gasteiger partial charge is 0.273 e. The van der Waals surface area contributed by atoms with Crippen LogP contribution in [0, 0.1) is 22.9 Å². The highest BCUT2D eigenvalue weighted by Gasteiger charge is 2.19. The Morgan fingerprint density at radius 2 is 2.04 bits per heavy atom. The number of methoxy groups -OCH3 is 1. The van der Waals surface area contributed by atoms with Crippen molar-refractivity contribution in [1.29, 1.82) is 0 Å². The second-order valence-corrected chi connectivity index (χ2v) is 5.20. The number of hydrogen-bond acceptors (Lipinski definition) is 4. The van der Waals surface area contributed by atoms with Gasteiger partial charge in [0.15, 0.2) is 0 Å². The topological polar surface area (TPSA) is 81.5 Å². The molecule has 1 N–H and O–H groups in total. The third-order valence-corrected chi connectivity index (χ3v) is 3.70. The van der Waals surface area contributed by atoms with Crippen molar-refractivity contribution in [2.45, 2.75) is 13.0 Å². The molecular weight excluding hydrogens is 315 g/mol. The van der Waals surface area contributed by atoms with Gasteiger partial charge in [0.2, 0.25) is 0 Å². The van der Waals surface area contributed by atoms with E-state index in [0.29, 0.717) is 11.1 Å². The number of halogens is 1. The Morgan fingerprint density at radius 1 is 1.33 bits per heavy atom. The van der Waals surface area contributed by atoms with Gasteiger partial charge in [-0.1, -0.05) is 18.2 Å². The van der Waals surface area contributed by atoms with Crippen LogP contribution in [0.5, 0.6) is 0 Å². The normalized spacial score (nSPS) is 11.8. The van der Waals surface area contributed by atoms with Crippen LogP contribution in [0.4, 0.5) is 10.1 Å². The lowest BCUT2D eigenvalue weighted by atomic mass is 10.1. The highest BCUT2D eigenvalue weighted by molar-refractivity contribution is 5.96. The van der Waals surface area contributed by atoms with E-state index in [-0.39, 0.29) is 17.8 Å². The molecule has 0 aliphatic carbocycles. The molecule has 24 heavy (non-hydrogen) atoms. The van der Waals surface area contributed by atoms with E-state index in [9.17, 15) is 19.3 Å². The van der Waals surface area contributed by atoms with Gasteiger partial charge in [-0.05, 0) is 30.7 Å². The van der Waals surface area contributed by atoms with Crippen LogP contribution in [0.2, 0.25) is 0 Å². The predicted molar refractivity (Wildman–Crippen MR) is 86.3 cm³/mol. The first-order valence-electron chi connectivity index (χ1n) is 7.24. The first-order valence-corrected chi connectivity index (χ1v) is 7.24. The van der Waals surface area contributed by atoms with Crippen LogP contribution in [-0.2, 0) is 4.74 Å². The van der Waals surface area contributed by atoms with E-state index in [1.807, 2.05) is 0 Å². The quantitative estimate of drug-likeness (QED) is 0.651. The molecule has 0 saturated carbocycles. The number of nitro benzene ring substituents is 1. The van der Waals surface area contributed by atoms with Gasteiger partial charge in [-0.3, -0.25) is 14.9 Å². The number of nitrogens with one attached hydrogen (secondary N) is 1. The molecule has 126 valence electrons. The summed E-state index contributed by atoms with van der Waals surface area (Å²) >= 11 is 0. The Morgan fingerprint density at radius 3 is 2.67 bits per heavy atom. The van der Waals surface area contributed by atoms with Gasteiger partial charge in [0.05, 0.1) is 11.0 Å². The molecule has 1 unspecified atom stereocenters. The van der Waals surface area contributed by atoms with E-state index in [4.69, 9.17) is 4.74 Å². The minimum absolute atomic E-state index is 0.112. The van der Waals surface area contributed by atoms with E-state index in [1.54, 1.807) is 12.1 Å². The van der Waals surface area contributed by atoms with Crippen molar-refractivity contribution in [1.82, 2.24) is 5.32 Å². The fourth-order valence-corrected chi connectivity index (χ4v) is 2.39. The van der Waals surface area contributed by atoms with Gasteiger partial charge in [-0.25, -0.2) is 4.39 Å². The fourth-order valence-electron chi connectivity index (χ4n) is 2.39. The van der Waals surface area contributed by atoms with E-state index in [1.165, 1.54) is 44.4 Å². The van der Waals surface area contributed by atoms with Crippen molar-refractivity contribution in [2.75, 3.05) is 13.7 Å². The summed E-state index contributed by atoms with van der Waals surface area (Å²) in [6.45, 7) is 1.63. The van der Waals surface area contributed by atoms with Crippen LogP contribution in [0.1, 0.15) is 27.6 Å². The summed E-state index contributed by atoms with van der Waals surface area (Å²) in [6, 6.07) is 10.2. The molecule has 2 aromatic rings. The maximum atomic E-state index is 13.3. The summed E-state index contributed by atoms with van der Waals surface area (Å²) in [5.74, 6) is -0.843. The highest BCUT2D eigenvalue weighted by Crippen LogP contribution is 2.21. The minimum Gasteiger partial charge on any atom is -0.375 e. The van der Waals surface area contributed by atoms with Crippen molar-refractivity contribution in [2.24, 2.45) is 0 Å². The first-order chi connectivity index (χ1) is 11.4. The molecule has 0 aliphatic rings. The van der Waals surface area contributed by atoms with Crippen molar-refractivity contribution in [3.8, 4) is 0 Å². The van der Waals surface area contributed by atoms with Crippen molar-refractivity contribution in [3.05, 3.63) is 75.1 Å². The minimum atomic E-state index is -0.531. The van der Waals surface area contributed by atoms with Crippen LogP contribution < -0.4 is 5.32 Å². The molecular formula is C17H17FN2O4. The third kappa shape index (κ3) is 3.94. The molecule has 0 aromatic heterocycles. The van der Waals surface area contributed by atoms with E-state index < -0.39 is 22.8 Å². The lowest BCUT2D eigenvalue weighted by Gasteiger charge is -2.17. The molecule has 1 amide bonds. The molecule has 2 aromatic carbocycles. The van der Waals surface area contributed by atoms with E-state index >= 15 is 0 Å². The van der Waals surface area contributed by atoms with Crippen molar-refractivity contribution < 1.29 is 18.8 Å². The van der Waals surface area contributed by atoms with Crippen molar-refractivity contribution >= 4 is 11.6 Å². The lowest BCUT2D eigenvalue weighted by Crippen LogP contribution is -2.29. The van der Waals surface area contributed by atoms with Gasteiger partial charge in [0, 0.05) is 30.8 Å². The van der Waals surface area contributed by atoms with E-state index in [2.05, 4.69) is 5.32 Å². The number of carbonyl (C=O) groups is 1. The first kappa shape index (κ1) is 17.6. The van der Waals surface area contributed by atoms with Gasteiger partial charge in [0.1, 0.15) is 5.82 Å². The Hall–Kier alpha value is -2.80. The molecule has 7 heteroatoms. The number of nitro groups is 1.